The average molecular weight is 301 g/mol. The van der Waals surface area contributed by atoms with Gasteiger partial charge in [0, 0.05) is 6.04 Å². The predicted molar refractivity (Wildman–Crippen MR) is 89.6 cm³/mol. The van der Waals surface area contributed by atoms with Crippen molar-refractivity contribution in [3.8, 4) is 11.5 Å². The molecule has 2 aliphatic rings. The molecule has 3 nitrogen and oxygen atoms in total. The summed E-state index contributed by atoms with van der Waals surface area (Å²) in [5.74, 6) is 4.12. The largest absolute Gasteiger partial charge is 0.493 e. The molecule has 4 atom stereocenters. The highest BCUT2D eigenvalue weighted by atomic mass is 16.5. The molecule has 120 valence electrons. The Morgan fingerprint density at radius 3 is 2.59 bits per heavy atom. The maximum absolute atomic E-state index is 5.38. The van der Waals surface area contributed by atoms with E-state index in [0.29, 0.717) is 6.04 Å². The van der Waals surface area contributed by atoms with Gasteiger partial charge < -0.3 is 14.8 Å². The summed E-state index contributed by atoms with van der Waals surface area (Å²) < 4.78 is 10.7. The summed E-state index contributed by atoms with van der Waals surface area (Å²) in [7, 11) is 3.36. The zero-order valence-electron chi connectivity index (χ0n) is 13.8. The number of allylic oxidation sites excluding steroid dienone is 2. The molecule has 0 aromatic heterocycles. The molecule has 2 aliphatic carbocycles. The monoisotopic (exact) mass is 301 g/mol. The first-order valence-corrected chi connectivity index (χ1v) is 8.32. The van der Waals surface area contributed by atoms with E-state index in [9.17, 15) is 0 Å². The highest BCUT2D eigenvalue weighted by molar-refractivity contribution is 5.43. The predicted octanol–water partition coefficient (Wildman–Crippen LogP) is 3.44. The van der Waals surface area contributed by atoms with E-state index in [-0.39, 0.29) is 0 Å². The van der Waals surface area contributed by atoms with Gasteiger partial charge in [0.15, 0.2) is 11.5 Å². The smallest absolute Gasteiger partial charge is 0.160 e. The van der Waals surface area contributed by atoms with Gasteiger partial charge in [-0.1, -0.05) is 18.2 Å². The summed E-state index contributed by atoms with van der Waals surface area (Å²) in [4.78, 5) is 0. The van der Waals surface area contributed by atoms with Gasteiger partial charge in [-0.15, -0.1) is 0 Å². The minimum Gasteiger partial charge on any atom is -0.493 e. The lowest BCUT2D eigenvalue weighted by Gasteiger charge is -2.22. The molecular weight excluding hydrogens is 274 g/mol. The maximum Gasteiger partial charge on any atom is 0.160 e. The molecule has 0 spiro atoms. The zero-order valence-corrected chi connectivity index (χ0v) is 13.8. The number of rotatable bonds is 7. The summed E-state index contributed by atoms with van der Waals surface area (Å²) in [6.07, 6.45) is 8.61. The Morgan fingerprint density at radius 1 is 1.14 bits per heavy atom. The van der Waals surface area contributed by atoms with Crippen LogP contribution in [0.3, 0.4) is 0 Å². The minimum absolute atomic E-state index is 0.473. The number of fused-ring (bicyclic) bond motifs is 2. The molecule has 1 saturated carbocycles. The van der Waals surface area contributed by atoms with Crippen molar-refractivity contribution in [3.63, 3.8) is 0 Å². The van der Waals surface area contributed by atoms with Crippen LogP contribution in [0.4, 0.5) is 0 Å². The first-order valence-electron chi connectivity index (χ1n) is 8.32. The number of nitrogens with one attached hydrogen (secondary N) is 1. The van der Waals surface area contributed by atoms with Crippen molar-refractivity contribution in [3.05, 3.63) is 35.9 Å². The quantitative estimate of drug-likeness (QED) is 0.783. The maximum atomic E-state index is 5.38. The van der Waals surface area contributed by atoms with E-state index in [1.54, 1.807) is 14.2 Å². The molecule has 0 heterocycles. The minimum atomic E-state index is 0.473. The third kappa shape index (κ3) is 3.30. The SMILES string of the molecule is COc1ccc(CC(C)NCC2CC3C=CC2C3)cc1OC. The van der Waals surface area contributed by atoms with Gasteiger partial charge >= 0.3 is 0 Å². The molecular formula is C19H27NO2. The van der Waals surface area contributed by atoms with Crippen molar-refractivity contribution in [2.24, 2.45) is 17.8 Å². The summed E-state index contributed by atoms with van der Waals surface area (Å²) in [5, 5.41) is 3.72. The van der Waals surface area contributed by atoms with E-state index in [0.717, 1.165) is 42.2 Å². The van der Waals surface area contributed by atoms with E-state index >= 15 is 0 Å². The normalized spacial score (nSPS) is 27.1. The van der Waals surface area contributed by atoms with E-state index < -0.39 is 0 Å². The van der Waals surface area contributed by atoms with Gasteiger partial charge in [-0.3, -0.25) is 0 Å². The molecule has 0 radical (unpaired) electrons. The van der Waals surface area contributed by atoms with Crippen molar-refractivity contribution in [1.29, 1.82) is 0 Å². The van der Waals surface area contributed by atoms with Gasteiger partial charge in [0.2, 0.25) is 0 Å². The Morgan fingerprint density at radius 2 is 1.95 bits per heavy atom. The van der Waals surface area contributed by atoms with Crippen LogP contribution in [0.2, 0.25) is 0 Å². The lowest BCUT2D eigenvalue weighted by molar-refractivity contribution is 0.354. The topological polar surface area (TPSA) is 30.5 Å². The molecule has 0 amide bonds. The molecule has 1 fully saturated rings. The second-order valence-corrected chi connectivity index (χ2v) is 6.74. The van der Waals surface area contributed by atoms with Crippen LogP contribution in [0.15, 0.2) is 30.4 Å². The van der Waals surface area contributed by atoms with Crippen molar-refractivity contribution in [1.82, 2.24) is 5.32 Å². The van der Waals surface area contributed by atoms with Gasteiger partial charge in [0.05, 0.1) is 14.2 Å². The molecule has 3 rings (SSSR count). The van der Waals surface area contributed by atoms with Crippen LogP contribution in [0.1, 0.15) is 25.3 Å². The Labute approximate surface area is 133 Å². The average Bonchev–Trinajstić information content (AvgIpc) is 3.15. The summed E-state index contributed by atoms with van der Waals surface area (Å²) in [6, 6.07) is 6.67. The molecule has 1 aromatic carbocycles. The van der Waals surface area contributed by atoms with Gasteiger partial charge in [-0.05, 0) is 68.2 Å². The van der Waals surface area contributed by atoms with E-state index in [4.69, 9.17) is 9.47 Å². The third-order valence-corrected chi connectivity index (χ3v) is 5.13. The Balaban J connectivity index is 1.51. The fraction of sp³-hybridized carbons (Fsp3) is 0.579. The summed E-state index contributed by atoms with van der Waals surface area (Å²) in [6.45, 7) is 3.40. The van der Waals surface area contributed by atoms with Crippen LogP contribution in [0.25, 0.3) is 0 Å². The van der Waals surface area contributed by atoms with Crippen molar-refractivity contribution < 1.29 is 9.47 Å². The van der Waals surface area contributed by atoms with Crippen LogP contribution in [-0.4, -0.2) is 26.8 Å². The number of methoxy groups -OCH3 is 2. The number of hydrogen-bond donors (Lipinski definition) is 1. The van der Waals surface area contributed by atoms with Crippen LogP contribution in [-0.2, 0) is 6.42 Å². The molecule has 1 aromatic rings. The standard InChI is InChI=1S/C19H27NO2/c1-13(20-12-17-10-15-4-6-16(17)9-15)8-14-5-7-18(21-2)19(11-14)22-3/h4-7,11,13,15-17,20H,8-10,12H2,1-3H3. The van der Waals surface area contributed by atoms with Gasteiger partial charge in [0.25, 0.3) is 0 Å². The summed E-state index contributed by atoms with van der Waals surface area (Å²) in [5.41, 5.74) is 1.28. The fourth-order valence-electron chi connectivity index (χ4n) is 3.92. The molecule has 2 bridgehead atoms. The lowest BCUT2D eigenvalue weighted by atomic mass is 9.93. The molecule has 1 N–H and O–H groups in total. The van der Waals surface area contributed by atoms with E-state index in [1.807, 2.05) is 6.07 Å². The Hall–Kier alpha value is -1.48. The fourth-order valence-corrected chi connectivity index (χ4v) is 3.92. The van der Waals surface area contributed by atoms with E-state index in [1.165, 1.54) is 18.4 Å². The van der Waals surface area contributed by atoms with Crippen LogP contribution >= 0.6 is 0 Å². The number of benzene rings is 1. The van der Waals surface area contributed by atoms with Crippen molar-refractivity contribution >= 4 is 0 Å². The number of ether oxygens (including phenoxy) is 2. The Bertz CT molecular complexity index is 540. The van der Waals surface area contributed by atoms with Crippen molar-refractivity contribution in [2.45, 2.75) is 32.2 Å². The Kier molecular flexibility index (Phi) is 4.72. The first kappa shape index (κ1) is 15.4. The molecule has 0 aliphatic heterocycles. The highest BCUT2D eigenvalue weighted by Crippen LogP contribution is 2.43. The first-order chi connectivity index (χ1) is 10.7. The molecule has 3 heteroatoms. The third-order valence-electron chi connectivity index (χ3n) is 5.13. The molecule has 4 unspecified atom stereocenters. The van der Waals surface area contributed by atoms with Crippen LogP contribution < -0.4 is 14.8 Å². The van der Waals surface area contributed by atoms with Gasteiger partial charge in [-0.2, -0.15) is 0 Å². The highest BCUT2D eigenvalue weighted by Gasteiger charge is 2.35. The number of hydrogen-bond acceptors (Lipinski definition) is 3. The lowest BCUT2D eigenvalue weighted by Crippen LogP contribution is -2.34. The van der Waals surface area contributed by atoms with E-state index in [2.05, 4.69) is 36.5 Å². The van der Waals surface area contributed by atoms with Gasteiger partial charge in [0.1, 0.15) is 0 Å². The zero-order chi connectivity index (χ0) is 15.5. The molecule has 22 heavy (non-hydrogen) atoms. The van der Waals surface area contributed by atoms with Crippen molar-refractivity contribution in [2.75, 3.05) is 20.8 Å². The summed E-state index contributed by atoms with van der Waals surface area (Å²) >= 11 is 0. The second-order valence-electron chi connectivity index (χ2n) is 6.74. The van der Waals surface area contributed by atoms with Gasteiger partial charge in [-0.25, -0.2) is 0 Å². The van der Waals surface area contributed by atoms with Crippen LogP contribution in [0, 0.1) is 17.8 Å². The van der Waals surface area contributed by atoms with Crippen LogP contribution in [0.5, 0.6) is 11.5 Å². The molecule has 0 saturated heterocycles. The second kappa shape index (κ2) is 6.74.